The molecule has 1 aromatic heterocycles. The van der Waals surface area contributed by atoms with Crippen LogP contribution in [-0.2, 0) is 0 Å². The van der Waals surface area contributed by atoms with Crippen molar-refractivity contribution >= 4 is 28.6 Å². The maximum Gasteiger partial charge on any atom is 0.145 e. The first-order valence-electron chi connectivity index (χ1n) is 6.28. The molecular formula is C15H18ClNO2S. The molecule has 0 amide bonds. The lowest BCUT2D eigenvalue weighted by Crippen LogP contribution is -2.07. The summed E-state index contributed by atoms with van der Waals surface area (Å²) >= 11 is 7.92. The number of hydrogen-bond acceptors (Lipinski definition) is 4. The maximum absolute atomic E-state index is 6.18. The van der Waals surface area contributed by atoms with E-state index in [2.05, 4.69) is 30.6 Å². The number of rotatable bonds is 5. The van der Waals surface area contributed by atoms with Crippen molar-refractivity contribution < 1.29 is 9.47 Å². The Morgan fingerprint density at radius 2 is 1.90 bits per heavy atom. The zero-order chi connectivity index (χ0) is 14.7. The van der Waals surface area contributed by atoms with Gasteiger partial charge in [-0.3, -0.25) is 0 Å². The van der Waals surface area contributed by atoms with Gasteiger partial charge in [-0.2, -0.15) is 0 Å². The van der Waals surface area contributed by atoms with Crippen LogP contribution in [0.3, 0.4) is 0 Å². The van der Waals surface area contributed by atoms with Gasteiger partial charge < -0.3 is 14.8 Å². The molecule has 1 unspecified atom stereocenters. The van der Waals surface area contributed by atoms with E-state index in [9.17, 15) is 0 Å². The van der Waals surface area contributed by atoms with Gasteiger partial charge in [0.05, 0.1) is 31.0 Å². The average molecular weight is 312 g/mol. The second-order valence-corrected chi connectivity index (χ2v) is 5.88. The SMILES string of the molecule is COc1cc(OC)c(NC(C)c2sccc2C)cc1Cl. The number of methoxy groups -OCH3 is 2. The van der Waals surface area contributed by atoms with Crippen molar-refractivity contribution in [3.05, 3.63) is 39.0 Å². The third-order valence-electron chi connectivity index (χ3n) is 3.14. The summed E-state index contributed by atoms with van der Waals surface area (Å²) < 4.78 is 10.6. The molecule has 0 aliphatic rings. The molecular weight excluding hydrogens is 294 g/mol. The Morgan fingerprint density at radius 3 is 2.45 bits per heavy atom. The highest BCUT2D eigenvalue weighted by molar-refractivity contribution is 7.10. The second kappa shape index (κ2) is 6.37. The molecule has 0 radical (unpaired) electrons. The summed E-state index contributed by atoms with van der Waals surface area (Å²) in [6.07, 6.45) is 0. The molecule has 1 aromatic carbocycles. The quantitative estimate of drug-likeness (QED) is 0.852. The lowest BCUT2D eigenvalue weighted by Gasteiger charge is -2.18. The predicted molar refractivity (Wildman–Crippen MR) is 85.6 cm³/mol. The molecule has 1 N–H and O–H groups in total. The van der Waals surface area contributed by atoms with Crippen LogP contribution in [0, 0.1) is 6.92 Å². The van der Waals surface area contributed by atoms with Crippen LogP contribution < -0.4 is 14.8 Å². The van der Waals surface area contributed by atoms with Gasteiger partial charge in [-0.1, -0.05) is 11.6 Å². The molecule has 1 heterocycles. The molecule has 5 heteroatoms. The van der Waals surface area contributed by atoms with Gasteiger partial charge in [-0.25, -0.2) is 0 Å². The Balaban J connectivity index is 2.29. The molecule has 0 aliphatic heterocycles. The van der Waals surface area contributed by atoms with E-state index < -0.39 is 0 Å². The van der Waals surface area contributed by atoms with Gasteiger partial charge in [0, 0.05) is 10.9 Å². The average Bonchev–Trinajstić information content (AvgIpc) is 2.85. The first-order valence-corrected chi connectivity index (χ1v) is 7.54. The molecule has 0 spiro atoms. The number of anilines is 1. The smallest absolute Gasteiger partial charge is 0.145 e. The van der Waals surface area contributed by atoms with Gasteiger partial charge in [-0.15, -0.1) is 11.3 Å². The largest absolute Gasteiger partial charge is 0.495 e. The minimum atomic E-state index is 0.188. The molecule has 20 heavy (non-hydrogen) atoms. The summed E-state index contributed by atoms with van der Waals surface area (Å²) in [5.41, 5.74) is 2.15. The summed E-state index contributed by atoms with van der Waals surface area (Å²) in [5, 5.41) is 6.10. The summed E-state index contributed by atoms with van der Waals surface area (Å²) in [5.74, 6) is 1.32. The van der Waals surface area contributed by atoms with Crippen molar-refractivity contribution in [1.29, 1.82) is 0 Å². The lowest BCUT2D eigenvalue weighted by molar-refractivity contribution is 0.395. The standard InChI is InChI=1S/C15H18ClNO2S/c1-9-5-6-20-15(9)10(2)17-12-7-11(16)13(18-3)8-14(12)19-4/h5-8,10,17H,1-4H3. The molecule has 0 bridgehead atoms. The fourth-order valence-electron chi connectivity index (χ4n) is 2.10. The minimum absolute atomic E-state index is 0.188. The number of ether oxygens (including phenoxy) is 2. The Labute approximate surface area is 128 Å². The zero-order valence-corrected chi connectivity index (χ0v) is 13.6. The predicted octanol–water partition coefficient (Wildman–Crippen LogP) is 4.90. The van der Waals surface area contributed by atoms with E-state index in [0.29, 0.717) is 16.5 Å². The Kier molecular flexibility index (Phi) is 4.78. The summed E-state index contributed by atoms with van der Waals surface area (Å²) in [6.45, 7) is 4.23. The van der Waals surface area contributed by atoms with Crippen LogP contribution in [0.4, 0.5) is 5.69 Å². The third kappa shape index (κ3) is 3.02. The fourth-order valence-corrected chi connectivity index (χ4v) is 3.28. The third-order valence-corrected chi connectivity index (χ3v) is 4.64. The molecule has 0 fully saturated rings. The molecule has 1 atom stereocenters. The van der Waals surface area contributed by atoms with Gasteiger partial charge in [0.2, 0.25) is 0 Å². The van der Waals surface area contributed by atoms with Crippen LogP contribution in [0.2, 0.25) is 5.02 Å². The van der Waals surface area contributed by atoms with Crippen molar-refractivity contribution in [3.63, 3.8) is 0 Å². The maximum atomic E-state index is 6.18. The van der Waals surface area contributed by atoms with Crippen LogP contribution in [0.15, 0.2) is 23.6 Å². The number of aryl methyl sites for hydroxylation is 1. The van der Waals surface area contributed by atoms with Crippen LogP contribution in [0.1, 0.15) is 23.4 Å². The molecule has 3 nitrogen and oxygen atoms in total. The first-order chi connectivity index (χ1) is 9.56. The topological polar surface area (TPSA) is 30.5 Å². The van der Waals surface area contributed by atoms with Crippen LogP contribution in [0.5, 0.6) is 11.5 Å². The molecule has 0 saturated heterocycles. The van der Waals surface area contributed by atoms with Gasteiger partial charge in [0.15, 0.2) is 0 Å². The molecule has 2 aromatic rings. The summed E-state index contributed by atoms with van der Waals surface area (Å²) in [6, 6.07) is 5.93. The normalized spacial score (nSPS) is 12.1. The monoisotopic (exact) mass is 311 g/mol. The van der Waals surface area contributed by atoms with E-state index in [-0.39, 0.29) is 6.04 Å². The first kappa shape index (κ1) is 15.0. The van der Waals surface area contributed by atoms with Crippen LogP contribution in [-0.4, -0.2) is 14.2 Å². The van der Waals surface area contributed by atoms with Crippen molar-refractivity contribution in [2.24, 2.45) is 0 Å². The van der Waals surface area contributed by atoms with E-state index in [4.69, 9.17) is 21.1 Å². The zero-order valence-electron chi connectivity index (χ0n) is 12.0. The summed E-state index contributed by atoms with van der Waals surface area (Å²) in [4.78, 5) is 1.30. The Morgan fingerprint density at radius 1 is 1.20 bits per heavy atom. The van der Waals surface area contributed by atoms with Gasteiger partial charge in [-0.05, 0) is 36.9 Å². The van der Waals surface area contributed by atoms with E-state index in [0.717, 1.165) is 5.69 Å². The van der Waals surface area contributed by atoms with Crippen LogP contribution in [0.25, 0.3) is 0 Å². The van der Waals surface area contributed by atoms with E-state index in [1.54, 1.807) is 31.6 Å². The highest BCUT2D eigenvalue weighted by Gasteiger charge is 2.14. The Bertz CT molecular complexity index is 598. The van der Waals surface area contributed by atoms with Crippen molar-refractivity contribution in [2.75, 3.05) is 19.5 Å². The van der Waals surface area contributed by atoms with Gasteiger partial charge >= 0.3 is 0 Å². The highest BCUT2D eigenvalue weighted by Crippen LogP contribution is 2.38. The number of halogens is 1. The van der Waals surface area contributed by atoms with E-state index >= 15 is 0 Å². The summed E-state index contributed by atoms with van der Waals surface area (Å²) in [7, 11) is 3.22. The molecule has 2 rings (SSSR count). The minimum Gasteiger partial charge on any atom is -0.495 e. The second-order valence-electron chi connectivity index (χ2n) is 4.52. The molecule has 0 aliphatic carbocycles. The fraction of sp³-hybridized carbons (Fsp3) is 0.333. The van der Waals surface area contributed by atoms with Crippen molar-refractivity contribution in [2.45, 2.75) is 19.9 Å². The van der Waals surface area contributed by atoms with Crippen molar-refractivity contribution in [1.82, 2.24) is 0 Å². The van der Waals surface area contributed by atoms with E-state index in [1.807, 2.05) is 6.07 Å². The Hall–Kier alpha value is -1.39. The number of thiophene rings is 1. The number of benzene rings is 1. The van der Waals surface area contributed by atoms with E-state index in [1.165, 1.54) is 10.4 Å². The van der Waals surface area contributed by atoms with Crippen molar-refractivity contribution in [3.8, 4) is 11.5 Å². The van der Waals surface area contributed by atoms with Crippen LogP contribution >= 0.6 is 22.9 Å². The number of hydrogen-bond donors (Lipinski definition) is 1. The van der Waals surface area contributed by atoms with Gasteiger partial charge in [0.25, 0.3) is 0 Å². The molecule has 108 valence electrons. The number of nitrogens with one attached hydrogen (secondary N) is 1. The lowest BCUT2D eigenvalue weighted by atomic mass is 10.1. The highest BCUT2D eigenvalue weighted by atomic mass is 35.5. The molecule has 0 saturated carbocycles. The van der Waals surface area contributed by atoms with Gasteiger partial charge in [0.1, 0.15) is 11.5 Å².